The van der Waals surface area contributed by atoms with E-state index >= 15 is 0 Å². The lowest BCUT2D eigenvalue weighted by molar-refractivity contribution is -0.132. The fraction of sp³-hybridized carbons (Fsp3) is 0.138. The van der Waals surface area contributed by atoms with Crippen LogP contribution in [0.15, 0.2) is 106 Å². The van der Waals surface area contributed by atoms with Crippen LogP contribution < -0.4 is 0 Å². The van der Waals surface area contributed by atoms with Crippen LogP contribution in [0.25, 0.3) is 12.2 Å². The molecule has 0 unspecified atom stereocenters. The molecule has 2 rings (SSSR count). The molecule has 0 saturated heterocycles. The second-order valence-electron chi connectivity index (χ2n) is 6.25. The number of aliphatic carboxylic acids is 3. The molecule has 0 spiro atoms. The Morgan fingerprint density at radius 2 is 1.09 bits per heavy atom. The first-order valence-electron chi connectivity index (χ1n) is 10.6. The number of hydrogen-bond donors (Lipinski definition) is 3. The molecule has 0 radical (unpaired) electrons. The number of hydrogen-bond acceptors (Lipinski definition) is 3. The largest absolute Gasteiger partial charge is 0.478 e. The van der Waals surface area contributed by atoms with E-state index in [0.717, 1.165) is 18.2 Å². The number of carbonyl (C=O) groups is 3. The Morgan fingerprint density at radius 3 is 1.40 bits per heavy atom. The fourth-order valence-electron chi connectivity index (χ4n) is 1.92. The lowest BCUT2D eigenvalue weighted by atomic mass is 10.0. The second kappa shape index (κ2) is 25.8. The minimum absolute atomic E-state index is 0.833. The molecule has 0 aromatic heterocycles. The summed E-state index contributed by atoms with van der Waals surface area (Å²) in [7, 11) is 0. The molecular weight excluding hydrogens is 444 g/mol. The van der Waals surface area contributed by atoms with E-state index in [1.807, 2.05) is 42.5 Å². The van der Waals surface area contributed by atoms with Gasteiger partial charge in [-0.3, -0.25) is 0 Å². The Morgan fingerprint density at radius 1 is 0.686 bits per heavy atom. The Kier molecular flexibility index (Phi) is 25.9. The molecule has 6 nitrogen and oxygen atoms in total. The third kappa shape index (κ3) is 27.5. The van der Waals surface area contributed by atoms with Gasteiger partial charge in [0, 0.05) is 18.2 Å². The van der Waals surface area contributed by atoms with Gasteiger partial charge in [-0.1, -0.05) is 113 Å². The van der Waals surface area contributed by atoms with Crippen LogP contribution >= 0.6 is 0 Å². The summed E-state index contributed by atoms with van der Waals surface area (Å²) < 4.78 is 0. The first kappa shape index (κ1) is 35.1. The summed E-state index contributed by atoms with van der Waals surface area (Å²) >= 11 is 0. The summed E-state index contributed by atoms with van der Waals surface area (Å²) in [5.74, 6) is -2.94. The summed E-state index contributed by atoms with van der Waals surface area (Å²) in [5, 5.41) is 22.8. The van der Waals surface area contributed by atoms with Crippen molar-refractivity contribution in [1.29, 1.82) is 0 Å². The molecule has 0 aliphatic rings. The maximum absolute atomic E-state index is 9.25. The van der Waals surface area contributed by atoms with E-state index in [-0.39, 0.29) is 0 Å². The van der Waals surface area contributed by atoms with Crippen LogP contribution in [0.4, 0.5) is 0 Å². The molecule has 0 heterocycles. The van der Waals surface area contributed by atoms with Crippen LogP contribution in [-0.2, 0) is 20.8 Å². The van der Waals surface area contributed by atoms with Gasteiger partial charge < -0.3 is 15.3 Å². The Labute approximate surface area is 208 Å². The maximum atomic E-state index is 9.25. The highest BCUT2D eigenvalue weighted by Gasteiger charge is 1.95. The van der Waals surface area contributed by atoms with Crippen molar-refractivity contribution in [3.63, 3.8) is 0 Å². The standard InChI is InChI=1S/C12H16.C8H8.3C3H4O2/c1-3-5-8-12-10-7-6-9-11(12)4-2;1-2-8-6-4-3-5-7-8;3*1-2-3(4)5/h4,6-7,9-10H,2-3,5,8H2,1H3;2-7H,1H2;3*2H,1H2,(H,4,5). The third-order valence-electron chi connectivity index (χ3n) is 3.63. The molecule has 0 aliphatic heterocycles. The zero-order valence-corrected chi connectivity index (χ0v) is 20.3. The van der Waals surface area contributed by atoms with Crippen molar-refractivity contribution in [2.24, 2.45) is 0 Å². The van der Waals surface area contributed by atoms with Crippen molar-refractivity contribution in [3.05, 3.63) is 122 Å². The van der Waals surface area contributed by atoms with Crippen molar-refractivity contribution in [2.45, 2.75) is 26.2 Å². The highest BCUT2D eigenvalue weighted by molar-refractivity contribution is 5.79. The number of carboxylic acids is 3. The molecule has 3 N–H and O–H groups in total. The van der Waals surface area contributed by atoms with E-state index in [1.165, 1.54) is 36.0 Å². The average molecular weight is 481 g/mol. The van der Waals surface area contributed by atoms with Crippen LogP contribution in [0.2, 0.25) is 0 Å². The molecule has 0 fully saturated rings. The average Bonchev–Trinajstić information content (AvgIpc) is 2.89. The number of benzene rings is 2. The predicted octanol–water partition coefficient (Wildman–Crippen LogP) is 6.77. The highest BCUT2D eigenvalue weighted by atomic mass is 16.4. The van der Waals surface area contributed by atoms with E-state index in [2.05, 4.69) is 64.1 Å². The topological polar surface area (TPSA) is 112 Å². The maximum Gasteiger partial charge on any atom is 0.327 e. The Bertz CT molecular complexity index is 871. The molecule has 0 aliphatic carbocycles. The molecule has 0 bridgehead atoms. The van der Waals surface area contributed by atoms with Crippen molar-refractivity contribution < 1.29 is 29.7 Å². The van der Waals surface area contributed by atoms with E-state index in [9.17, 15) is 14.4 Å². The van der Waals surface area contributed by atoms with Gasteiger partial charge in [0.15, 0.2) is 0 Å². The van der Waals surface area contributed by atoms with Crippen molar-refractivity contribution in [3.8, 4) is 0 Å². The third-order valence-corrected chi connectivity index (χ3v) is 3.63. The second-order valence-corrected chi connectivity index (χ2v) is 6.25. The minimum atomic E-state index is -0.981. The van der Waals surface area contributed by atoms with E-state index < -0.39 is 17.9 Å². The Balaban J connectivity index is -0.000000390. The first-order valence-corrected chi connectivity index (χ1v) is 10.6. The van der Waals surface area contributed by atoms with Gasteiger partial charge in [-0.15, -0.1) is 0 Å². The molecule has 0 saturated carbocycles. The lowest BCUT2D eigenvalue weighted by Gasteiger charge is -2.03. The molecular formula is C29H36O6. The Hall–Kier alpha value is -4.45. The van der Waals surface area contributed by atoms with Crippen molar-refractivity contribution in [1.82, 2.24) is 0 Å². The number of carboxylic acid groups (broad SMARTS) is 3. The van der Waals surface area contributed by atoms with E-state index in [4.69, 9.17) is 15.3 Å². The zero-order chi connectivity index (χ0) is 27.5. The molecule has 35 heavy (non-hydrogen) atoms. The summed E-state index contributed by atoms with van der Waals surface area (Å²) in [6, 6.07) is 18.5. The zero-order valence-electron chi connectivity index (χ0n) is 20.3. The normalized spacial score (nSPS) is 8.03. The molecule has 188 valence electrons. The number of aryl methyl sites for hydroxylation is 1. The van der Waals surface area contributed by atoms with Gasteiger partial charge in [-0.25, -0.2) is 14.4 Å². The van der Waals surface area contributed by atoms with Crippen LogP contribution in [0.1, 0.15) is 36.5 Å². The minimum Gasteiger partial charge on any atom is -0.478 e. The quantitative estimate of drug-likeness (QED) is 0.359. The van der Waals surface area contributed by atoms with Crippen LogP contribution in [0.3, 0.4) is 0 Å². The van der Waals surface area contributed by atoms with Gasteiger partial charge in [0.1, 0.15) is 0 Å². The van der Waals surface area contributed by atoms with Gasteiger partial charge in [-0.05, 0) is 29.5 Å². The molecule has 2 aromatic carbocycles. The van der Waals surface area contributed by atoms with Crippen LogP contribution in [-0.4, -0.2) is 33.2 Å². The van der Waals surface area contributed by atoms with Crippen LogP contribution in [0, 0.1) is 0 Å². The monoisotopic (exact) mass is 480 g/mol. The summed E-state index contributed by atoms with van der Waals surface area (Å²) in [6.07, 6.45) is 9.97. The number of rotatable bonds is 8. The van der Waals surface area contributed by atoms with Gasteiger partial charge >= 0.3 is 17.9 Å². The summed E-state index contributed by atoms with van der Waals surface area (Å²) in [6.45, 7) is 18.5. The van der Waals surface area contributed by atoms with Crippen molar-refractivity contribution in [2.75, 3.05) is 0 Å². The predicted molar refractivity (Wildman–Crippen MR) is 145 cm³/mol. The fourth-order valence-corrected chi connectivity index (χ4v) is 1.92. The molecule has 6 heteroatoms. The molecule has 0 atom stereocenters. The van der Waals surface area contributed by atoms with E-state index in [1.54, 1.807) is 0 Å². The summed E-state index contributed by atoms with van der Waals surface area (Å²) in [4.78, 5) is 27.8. The SMILES string of the molecule is C=CC(=O)O.C=CC(=O)O.C=CC(=O)O.C=Cc1ccccc1.C=Cc1ccccc1CCCC. The highest BCUT2D eigenvalue weighted by Crippen LogP contribution is 2.12. The lowest BCUT2D eigenvalue weighted by Crippen LogP contribution is -1.87. The van der Waals surface area contributed by atoms with Crippen LogP contribution in [0.5, 0.6) is 0 Å². The van der Waals surface area contributed by atoms with Gasteiger partial charge in [0.2, 0.25) is 0 Å². The molecule has 2 aromatic rings. The first-order chi connectivity index (χ1) is 16.6. The number of unbranched alkanes of at least 4 members (excludes halogenated alkanes) is 1. The smallest absolute Gasteiger partial charge is 0.327 e. The van der Waals surface area contributed by atoms with Gasteiger partial charge in [0.25, 0.3) is 0 Å². The summed E-state index contributed by atoms with van der Waals surface area (Å²) in [5.41, 5.74) is 3.88. The van der Waals surface area contributed by atoms with E-state index in [0.29, 0.717) is 0 Å². The van der Waals surface area contributed by atoms with Crippen molar-refractivity contribution >= 4 is 30.1 Å². The van der Waals surface area contributed by atoms with Gasteiger partial charge in [-0.2, -0.15) is 0 Å². The van der Waals surface area contributed by atoms with Gasteiger partial charge in [0.05, 0.1) is 0 Å². The molecule has 0 amide bonds.